The van der Waals surface area contributed by atoms with E-state index in [9.17, 15) is 9.07 Å². The molecule has 6 heteroatoms. The Morgan fingerprint density at radius 1 is 1.17 bits per heavy atom. The Balaban J connectivity index is 0. The first-order valence-corrected chi connectivity index (χ1v) is 4.08. The molecular weight excluding hydrogens is 274 g/mol. The predicted octanol–water partition coefficient (Wildman–Crippen LogP) is 1.14. The quantitative estimate of drug-likeness (QED) is 0.605. The standard InChI is InChI=1S/Ag.3FH.Nb.O/h;3*1H;;/q;;;;+3;/p-3. The zero-order valence-corrected chi connectivity index (χ0v) is 5.97. The molecule has 0 aliphatic rings. The van der Waals surface area contributed by atoms with Gasteiger partial charge in [0.05, 0.1) is 0 Å². The third-order valence-corrected chi connectivity index (χ3v) is 0. The fourth-order valence-corrected chi connectivity index (χ4v) is 0. The van der Waals surface area contributed by atoms with Gasteiger partial charge < -0.3 is 0 Å². The molecule has 0 aromatic carbocycles. The number of hydrogen-bond acceptors (Lipinski definition) is 1. The Morgan fingerprint density at radius 3 is 1.17 bits per heavy atom. The van der Waals surface area contributed by atoms with Crippen molar-refractivity contribution in [3.8, 4) is 0 Å². The van der Waals surface area contributed by atoms with Crippen molar-refractivity contribution in [2.75, 3.05) is 0 Å². The van der Waals surface area contributed by atoms with Gasteiger partial charge in [0.1, 0.15) is 0 Å². The average Bonchev–Trinajstić information content (AvgIpc) is 0.722. The molecule has 0 saturated carbocycles. The Hall–Kier alpha value is 1.07. The van der Waals surface area contributed by atoms with E-state index in [4.69, 9.17) is 3.25 Å². The molecule has 0 amide bonds. The van der Waals surface area contributed by atoms with Crippen LogP contribution in [0.2, 0.25) is 0 Å². The maximum atomic E-state index is 10.00. The summed E-state index contributed by atoms with van der Waals surface area (Å²) in [6, 6.07) is 0. The van der Waals surface area contributed by atoms with E-state index < -0.39 is 18.7 Å². The summed E-state index contributed by atoms with van der Waals surface area (Å²) >= 11 is -6.85. The molecular formula is AgF3NbO. The van der Waals surface area contributed by atoms with Crippen molar-refractivity contribution in [3.63, 3.8) is 0 Å². The molecule has 0 saturated heterocycles. The first kappa shape index (κ1) is 10.1. The number of hydrogen-bond donors (Lipinski definition) is 0. The maximum absolute atomic E-state index is 10.00. The van der Waals surface area contributed by atoms with E-state index in [1.807, 2.05) is 0 Å². The Morgan fingerprint density at radius 2 is 1.17 bits per heavy atom. The van der Waals surface area contributed by atoms with E-state index in [-0.39, 0.29) is 22.4 Å². The van der Waals surface area contributed by atoms with E-state index in [2.05, 4.69) is 0 Å². The molecule has 0 aromatic rings. The van der Waals surface area contributed by atoms with Crippen LogP contribution in [0.25, 0.3) is 0 Å². The van der Waals surface area contributed by atoms with Gasteiger partial charge in [-0.2, -0.15) is 0 Å². The van der Waals surface area contributed by atoms with Crippen molar-refractivity contribution in [2.45, 2.75) is 0 Å². The van der Waals surface area contributed by atoms with E-state index in [0.29, 0.717) is 0 Å². The Labute approximate surface area is 53.4 Å². The molecule has 0 aliphatic heterocycles. The Kier molecular flexibility index (Phi) is 5.27. The van der Waals surface area contributed by atoms with Crippen molar-refractivity contribution in [3.05, 3.63) is 0 Å². The minimum atomic E-state index is -6.85. The molecule has 0 atom stereocenters. The minimum absolute atomic E-state index is 0. The van der Waals surface area contributed by atoms with Gasteiger partial charge in [0.25, 0.3) is 0 Å². The first-order valence-electron chi connectivity index (χ1n) is 0.690. The summed E-state index contributed by atoms with van der Waals surface area (Å²) in [4.78, 5) is 0. The SMILES string of the molecule is [Ag].[O]=[Nb]([F])([F])[F]. The van der Waals surface area contributed by atoms with Gasteiger partial charge >= 0.3 is 31.1 Å². The van der Waals surface area contributed by atoms with Crippen molar-refractivity contribution in [1.29, 1.82) is 0 Å². The summed E-state index contributed by atoms with van der Waals surface area (Å²) in [6.45, 7) is 0. The molecule has 0 aliphatic carbocycles. The fourth-order valence-electron chi connectivity index (χ4n) is 0. The van der Waals surface area contributed by atoms with Gasteiger partial charge in [-0.05, 0) is 0 Å². The van der Waals surface area contributed by atoms with Gasteiger partial charge in [0, 0.05) is 22.4 Å². The van der Waals surface area contributed by atoms with Crippen LogP contribution in [-0.4, -0.2) is 0 Å². The van der Waals surface area contributed by atoms with Crippen LogP contribution in [0.15, 0.2) is 0 Å². The second kappa shape index (κ2) is 3.12. The van der Waals surface area contributed by atoms with Crippen molar-refractivity contribution >= 4 is 0 Å². The number of rotatable bonds is 0. The van der Waals surface area contributed by atoms with Crippen LogP contribution in [0.5, 0.6) is 0 Å². The third-order valence-electron chi connectivity index (χ3n) is 0. The van der Waals surface area contributed by atoms with Crippen LogP contribution >= 0.6 is 0 Å². The Bertz CT molecular complexity index is 56.9. The summed E-state index contributed by atoms with van der Waals surface area (Å²) in [7, 11) is 0. The van der Waals surface area contributed by atoms with Crippen LogP contribution in [0.4, 0.5) is 9.07 Å². The third kappa shape index (κ3) is 73.3. The molecule has 6 heavy (non-hydrogen) atoms. The van der Waals surface area contributed by atoms with Crippen molar-refractivity contribution in [2.24, 2.45) is 0 Å². The fraction of sp³-hybridized carbons (Fsp3) is 0. The molecule has 0 heterocycles. The summed E-state index contributed by atoms with van der Waals surface area (Å²) in [5, 5.41) is 0. The molecule has 0 fully saturated rings. The normalized spacial score (nSPS) is 9.83. The molecule has 0 bridgehead atoms. The zero-order valence-electron chi connectivity index (χ0n) is 2.29. The van der Waals surface area contributed by atoms with Crippen molar-refractivity contribution < 1.29 is 53.4 Å². The summed E-state index contributed by atoms with van der Waals surface area (Å²) in [5.41, 5.74) is 0. The second-order valence-electron chi connectivity index (χ2n) is 0.399. The van der Waals surface area contributed by atoms with Crippen LogP contribution in [0, 0.1) is 0 Å². The molecule has 43 valence electrons. The van der Waals surface area contributed by atoms with Crippen LogP contribution in [0.3, 0.4) is 0 Å². The molecule has 0 N–H and O–H groups in total. The van der Waals surface area contributed by atoms with Crippen LogP contribution in [-0.2, 0) is 44.4 Å². The van der Waals surface area contributed by atoms with Gasteiger partial charge in [-0.3, -0.25) is 0 Å². The summed E-state index contributed by atoms with van der Waals surface area (Å²) < 4.78 is 38.3. The van der Waals surface area contributed by atoms with Crippen LogP contribution in [0.1, 0.15) is 0 Å². The summed E-state index contributed by atoms with van der Waals surface area (Å²) in [6.07, 6.45) is 0. The van der Waals surface area contributed by atoms with Gasteiger partial charge in [-0.25, -0.2) is 0 Å². The predicted molar refractivity (Wildman–Crippen MR) is 4.01 cm³/mol. The molecule has 0 unspecified atom stereocenters. The average molecular weight is 274 g/mol. The monoisotopic (exact) mass is 273 g/mol. The molecule has 1 radical (unpaired) electrons. The van der Waals surface area contributed by atoms with Crippen molar-refractivity contribution in [1.82, 2.24) is 0 Å². The molecule has 1 nitrogen and oxygen atoms in total. The molecule has 0 aromatic heterocycles. The topological polar surface area (TPSA) is 17.1 Å². The van der Waals surface area contributed by atoms with Crippen LogP contribution < -0.4 is 0 Å². The van der Waals surface area contributed by atoms with E-state index >= 15 is 0 Å². The first-order chi connectivity index (χ1) is 2.00. The van der Waals surface area contributed by atoms with Gasteiger partial charge in [-0.15, -0.1) is 0 Å². The van der Waals surface area contributed by atoms with Gasteiger partial charge in [0.2, 0.25) is 0 Å². The summed E-state index contributed by atoms with van der Waals surface area (Å²) in [5.74, 6) is 0. The molecule has 0 spiro atoms. The van der Waals surface area contributed by atoms with E-state index in [0.717, 1.165) is 0 Å². The van der Waals surface area contributed by atoms with Gasteiger partial charge in [0.15, 0.2) is 0 Å². The zero-order chi connectivity index (χ0) is 4.50. The van der Waals surface area contributed by atoms with E-state index in [1.54, 1.807) is 0 Å². The second-order valence-corrected chi connectivity index (χ2v) is 2.36. The number of halogens is 3. The van der Waals surface area contributed by atoms with E-state index in [1.165, 1.54) is 0 Å². The molecule has 0 rings (SSSR count). The van der Waals surface area contributed by atoms with Gasteiger partial charge in [-0.1, -0.05) is 0 Å².